The Hall–Kier alpha value is -1.53. The normalized spacial score (nSPS) is 11.7. The molecule has 1 rings (SSSR count). The van der Waals surface area contributed by atoms with E-state index in [2.05, 4.69) is 0 Å². The van der Waals surface area contributed by atoms with E-state index in [1.807, 2.05) is 0 Å². The number of halogens is 1. The van der Waals surface area contributed by atoms with Crippen LogP contribution in [0.1, 0.15) is 11.5 Å². The molecule has 0 bridgehead atoms. The van der Waals surface area contributed by atoms with Gasteiger partial charge in [0.15, 0.2) is 5.92 Å². The monoisotopic (exact) mass is 195 g/mol. The van der Waals surface area contributed by atoms with Gasteiger partial charge in [-0.15, -0.1) is 0 Å². The predicted molar refractivity (Wildman–Crippen MR) is 47.4 cm³/mol. The Bertz CT molecular complexity index is 353. The van der Waals surface area contributed by atoms with Gasteiger partial charge in [0.1, 0.15) is 0 Å². The summed E-state index contributed by atoms with van der Waals surface area (Å²) in [6, 6.07) is 7.88. The summed E-state index contributed by atoms with van der Waals surface area (Å²) in [6.45, 7) is 0. The van der Waals surface area contributed by atoms with Crippen LogP contribution in [0.25, 0.3) is 0 Å². The van der Waals surface area contributed by atoms with Crippen molar-refractivity contribution in [1.82, 2.24) is 0 Å². The van der Waals surface area contributed by atoms with Crippen LogP contribution in [0.5, 0.6) is 0 Å². The second kappa shape index (κ2) is 3.92. The van der Waals surface area contributed by atoms with Crippen LogP contribution in [0.2, 0.25) is 5.02 Å². The smallest absolute Gasteiger partial charge is 0.325 e. The van der Waals surface area contributed by atoms with Crippen molar-refractivity contribution in [2.24, 2.45) is 0 Å². The van der Waals surface area contributed by atoms with E-state index in [0.717, 1.165) is 0 Å². The van der Waals surface area contributed by atoms with Crippen molar-refractivity contribution in [3.05, 3.63) is 34.9 Å². The molecule has 0 saturated carbocycles. The summed E-state index contributed by atoms with van der Waals surface area (Å²) in [5.41, 5.74) is 0.444. The van der Waals surface area contributed by atoms with E-state index in [-0.39, 0.29) is 0 Å². The molecule has 1 aromatic rings. The van der Waals surface area contributed by atoms with Crippen molar-refractivity contribution >= 4 is 17.6 Å². The summed E-state index contributed by atoms with van der Waals surface area (Å²) in [4.78, 5) is 10.6. The third-order valence-electron chi connectivity index (χ3n) is 1.58. The number of carbonyl (C=O) groups is 1. The molecule has 13 heavy (non-hydrogen) atoms. The second-order valence-electron chi connectivity index (χ2n) is 2.45. The average molecular weight is 196 g/mol. The van der Waals surface area contributed by atoms with E-state index in [1.165, 1.54) is 12.1 Å². The first-order valence-electron chi connectivity index (χ1n) is 3.53. The van der Waals surface area contributed by atoms with E-state index >= 15 is 0 Å². The average Bonchev–Trinajstić information content (AvgIpc) is 2.09. The number of nitrogens with zero attached hydrogens (tertiary/aromatic N) is 1. The lowest BCUT2D eigenvalue weighted by atomic mass is 10.0. The van der Waals surface area contributed by atoms with Gasteiger partial charge in [0.2, 0.25) is 0 Å². The van der Waals surface area contributed by atoms with E-state index in [4.69, 9.17) is 22.0 Å². The molecule has 1 N–H and O–H groups in total. The number of hydrogen-bond donors (Lipinski definition) is 1. The van der Waals surface area contributed by atoms with Gasteiger partial charge in [0.25, 0.3) is 0 Å². The molecule has 1 unspecified atom stereocenters. The zero-order valence-corrected chi connectivity index (χ0v) is 7.32. The summed E-state index contributed by atoms with van der Waals surface area (Å²) < 4.78 is 0. The molecular formula is C9H6ClNO2. The molecule has 0 aliphatic rings. The Balaban J connectivity index is 3.01. The van der Waals surface area contributed by atoms with Crippen LogP contribution >= 0.6 is 11.6 Å². The van der Waals surface area contributed by atoms with Crippen molar-refractivity contribution in [3.8, 4) is 6.07 Å². The van der Waals surface area contributed by atoms with Crippen molar-refractivity contribution in [2.75, 3.05) is 0 Å². The molecule has 0 aliphatic heterocycles. The fourth-order valence-corrected chi connectivity index (χ4v) is 1.05. The molecule has 3 nitrogen and oxygen atoms in total. The topological polar surface area (TPSA) is 61.1 Å². The quantitative estimate of drug-likeness (QED) is 0.786. The van der Waals surface area contributed by atoms with Crippen LogP contribution in [-0.4, -0.2) is 11.1 Å². The molecule has 1 aromatic carbocycles. The number of rotatable bonds is 2. The van der Waals surface area contributed by atoms with Crippen molar-refractivity contribution in [3.63, 3.8) is 0 Å². The fraction of sp³-hybridized carbons (Fsp3) is 0.111. The largest absolute Gasteiger partial charge is 0.480 e. The molecule has 0 aliphatic carbocycles. The SMILES string of the molecule is N#CC(C(=O)O)c1ccc(Cl)cc1. The van der Waals surface area contributed by atoms with Crippen LogP contribution in [0, 0.1) is 11.3 Å². The number of benzene rings is 1. The number of nitriles is 1. The first kappa shape index (κ1) is 9.56. The highest BCUT2D eigenvalue weighted by Gasteiger charge is 2.18. The minimum atomic E-state index is -1.15. The fourth-order valence-electron chi connectivity index (χ4n) is 0.928. The number of carboxylic acid groups (broad SMARTS) is 1. The van der Waals surface area contributed by atoms with E-state index < -0.39 is 11.9 Å². The maximum Gasteiger partial charge on any atom is 0.325 e. The molecular weight excluding hydrogens is 190 g/mol. The van der Waals surface area contributed by atoms with Crippen LogP contribution in [0.4, 0.5) is 0 Å². The van der Waals surface area contributed by atoms with Crippen LogP contribution in [0.3, 0.4) is 0 Å². The van der Waals surface area contributed by atoms with Gasteiger partial charge in [-0.1, -0.05) is 23.7 Å². The molecule has 0 amide bonds. The maximum absolute atomic E-state index is 10.6. The van der Waals surface area contributed by atoms with Crippen molar-refractivity contribution in [2.45, 2.75) is 5.92 Å². The molecule has 1 atom stereocenters. The predicted octanol–water partition coefficient (Wildman–Crippen LogP) is 2.03. The molecule has 0 saturated heterocycles. The first-order chi connectivity index (χ1) is 6.15. The van der Waals surface area contributed by atoms with Gasteiger partial charge in [-0.3, -0.25) is 4.79 Å². The molecule has 0 aromatic heterocycles. The van der Waals surface area contributed by atoms with Gasteiger partial charge in [-0.05, 0) is 17.7 Å². The van der Waals surface area contributed by atoms with Gasteiger partial charge >= 0.3 is 5.97 Å². The van der Waals surface area contributed by atoms with E-state index in [0.29, 0.717) is 10.6 Å². The molecule has 0 spiro atoms. The maximum atomic E-state index is 10.6. The molecule has 66 valence electrons. The number of aliphatic carboxylic acids is 1. The van der Waals surface area contributed by atoms with Gasteiger partial charge < -0.3 is 5.11 Å². The lowest BCUT2D eigenvalue weighted by Gasteiger charge is -2.02. The summed E-state index contributed by atoms with van der Waals surface area (Å²) in [5, 5.41) is 17.7. The van der Waals surface area contributed by atoms with Gasteiger partial charge in [-0.25, -0.2) is 0 Å². The number of hydrogen-bond acceptors (Lipinski definition) is 2. The minimum absolute atomic E-state index is 0.444. The molecule has 0 radical (unpaired) electrons. The summed E-state index contributed by atoms with van der Waals surface area (Å²) >= 11 is 5.61. The standard InChI is InChI=1S/C9H6ClNO2/c10-7-3-1-6(2-4-7)8(5-11)9(12)13/h1-4,8H,(H,12,13). The second-order valence-corrected chi connectivity index (χ2v) is 2.89. The Morgan fingerprint density at radius 1 is 1.46 bits per heavy atom. The van der Waals surface area contributed by atoms with Gasteiger partial charge in [0, 0.05) is 5.02 Å². The molecule has 4 heteroatoms. The lowest BCUT2D eigenvalue weighted by Crippen LogP contribution is -2.08. The van der Waals surface area contributed by atoms with Gasteiger partial charge in [0.05, 0.1) is 6.07 Å². The zero-order chi connectivity index (χ0) is 9.84. The zero-order valence-electron chi connectivity index (χ0n) is 6.57. The lowest BCUT2D eigenvalue weighted by molar-refractivity contribution is -0.137. The Morgan fingerprint density at radius 2 is 2.00 bits per heavy atom. The van der Waals surface area contributed by atoms with Crippen LogP contribution in [-0.2, 0) is 4.79 Å². The minimum Gasteiger partial charge on any atom is -0.480 e. The van der Waals surface area contributed by atoms with Crippen LogP contribution in [0.15, 0.2) is 24.3 Å². The van der Waals surface area contributed by atoms with E-state index in [1.54, 1.807) is 18.2 Å². The highest BCUT2D eigenvalue weighted by atomic mass is 35.5. The number of carboxylic acids is 1. The molecule has 0 heterocycles. The molecule has 0 fully saturated rings. The summed E-state index contributed by atoms with van der Waals surface area (Å²) in [5.74, 6) is -2.26. The summed E-state index contributed by atoms with van der Waals surface area (Å²) in [7, 11) is 0. The Kier molecular flexibility index (Phi) is 2.88. The third-order valence-corrected chi connectivity index (χ3v) is 1.83. The Morgan fingerprint density at radius 3 is 2.38 bits per heavy atom. The third kappa shape index (κ3) is 2.20. The summed E-state index contributed by atoms with van der Waals surface area (Å²) in [6.07, 6.45) is 0. The Labute approximate surface area is 80.2 Å². The van der Waals surface area contributed by atoms with Gasteiger partial charge in [-0.2, -0.15) is 5.26 Å². The first-order valence-corrected chi connectivity index (χ1v) is 3.91. The van der Waals surface area contributed by atoms with E-state index in [9.17, 15) is 4.79 Å². The highest BCUT2D eigenvalue weighted by Crippen LogP contribution is 2.17. The van der Waals surface area contributed by atoms with Crippen molar-refractivity contribution < 1.29 is 9.90 Å². The highest BCUT2D eigenvalue weighted by molar-refractivity contribution is 6.30. The van der Waals surface area contributed by atoms with Crippen LogP contribution < -0.4 is 0 Å². The van der Waals surface area contributed by atoms with Crippen molar-refractivity contribution in [1.29, 1.82) is 5.26 Å².